The van der Waals surface area contributed by atoms with Gasteiger partial charge in [-0.1, -0.05) is 39.5 Å². The second-order valence-electron chi connectivity index (χ2n) is 10.7. The molecule has 3 rings (SSSR count). The van der Waals surface area contributed by atoms with Gasteiger partial charge in [-0.2, -0.15) is 9.97 Å². The fraction of sp³-hybridized carbons (Fsp3) is 0.538. The van der Waals surface area contributed by atoms with Gasteiger partial charge >= 0.3 is 11.7 Å². The van der Waals surface area contributed by atoms with Crippen LogP contribution in [0.4, 0.5) is 23.0 Å². The summed E-state index contributed by atoms with van der Waals surface area (Å²) < 4.78 is 6.19. The molecule has 10 nitrogen and oxygen atoms in total. The lowest BCUT2D eigenvalue weighted by Crippen LogP contribution is -2.36. The standard InChI is InChI=1S/C26H39N7O3/c1-17-9-10-19(18(2)27-6)15-21(17)28-23-22(33(34)35)24(32(8)16-26(3,4)5)30-25(29-23)36-20-11-13-31(7)14-12-20/h9-10,15,20,27H,2,11-14,16H2,1,3-8H3,(H,28,29,30). The van der Waals surface area contributed by atoms with Crippen molar-refractivity contribution in [2.45, 2.75) is 46.6 Å². The van der Waals surface area contributed by atoms with Crippen LogP contribution in [0.25, 0.3) is 5.70 Å². The lowest BCUT2D eigenvalue weighted by Gasteiger charge is -2.30. The number of nitrogens with one attached hydrogen (secondary N) is 2. The van der Waals surface area contributed by atoms with Crippen LogP contribution in [0.5, 0.6) is 6.01 Å². The van der Waals surface area contributed by atoms with Crippen molar-refractivity contribution in [3.63, 3.8) is 0 Å². The van der Waals surface area contributed by atoms with E-state index < -0.39 is 4.92 Å². The smallest absolute Gasteiger partial charge is 0.354 e. The van der Waals surface area contributed by atoms with E-state index in [0.717, 1.165) is 42.8 Å². The maximum atomic E-state index is 12.3. The van der Waals surface area contributed by atoms with Crippen molar-refractivity contribution in [2.75, 3.05) is 51.0 Å². The number of nitrogens with zero attached hydrogens (tertiary/aromatic N) is 5. The summed E-state index contributed by atoms with van der Waals surface area (Å²) in [7, 11) is 5.69. The number of rotatable bonds is 9. The van der Waals surface area contributed by atoms with Crippen LogP contribution in [0, 0.1) is 22.5 Å². The van der Waals surface area contributed by atoms with Gasteiger partial charge in [-0.3, -0.25) is 10.1 Å². The minimum atomic E-state index is -0.429. The molecule has 1 fully saturated rings. The van der Waals surface area contributed by atoms with Crippen molar-refractivity contribution in [1.82, 2.24) is 20.2 Å². The van der Waals surface area contributed by atoms with Gasteiger partial charge in [0.2, 0.25) is 11.6 Å². The normalized spacial score (nSPS) is 14.9. The number of ether oxygens (including phenoxy) is 1. The van der Waals surface area contributed by atoms with Crippen molar-refractivity contribution >= 4 is 28.7 Å². The Labute approximate surface area is 213 Å². The van der Waals surface area contributed by atoms with Gasteiger partial charge in [0, 0.05) is 45.1 Å². The minimum absolute atomic E-state index is 0.0414. The van der Waals surface area contributed by atoms with E-state index in [9.17, 15) is 10.1 Å². The van der Waals surface area contributed by atoms with Gasteiger partial charge in [0.25, 0.3) is 0 Å². The Bertz CT molecular complexity index is 1110. The minimum Gasteiger partial charge on any atom is -0.460 e. The van der Waals surface area contributed by atoms with Gasteiger partial charge in [0.15, 0.2) is 0 Å². The second-order valence-corrected chi connectivity index (χ2v) is 10.7. The number of piperidine rings is 1. The van der Waals surface area contributed by atoms with E-state index >= 15 is 0 Å². The number of benzene rings is 1. The summed E-state index contributed by atoms with van der Waals surface area (Å²) >= 11 is 0. The van der Waals surface area contributed by atoms with Crippen LogP contribution in [0.2, 0.25) is 0 Å². The molecule has 10 heteroatoms. The molecular formula is C26H39N7O3. The molecule has 1 aromatic carbocycles. The van der Waals surface area contributed by atoms with Crippen molar-refractivity contribution in [3.8, 4) is 6.01 Å². The fourth-order valence-corrected chi connectivity index (χ4v) is 4.25. The number of anilines is 3. The molecule has 196 valence electrons. The van der Waals surface area contributed by atoms with E-state index in [2.05, 4.69) is 59.9 Å². The number of aryl methyl sites for hydroxylation is 1. The summed E-state index contributed by atoms with van der Waals surface area (Å²) in [5.74, 6) is 0.327. The Morgan fingerprint density at radius 3 is 2.56 bits per heavy atom. The molecule has 0 aliphatic carbocycles. The Morgan fingerprint density at radius 1 is 1.31 bits per heavy atom. The molecule has 1 saturated heterocycles. The van der Waals surface area contributed by atoms with Crippen LogP contribution < -0.4 is 20.3 Å². The molecule has 2 heterocycles. The quantitative estimate of drug-likeness (QED) is 0.380. The zero-order valence-corrected chi connectivity index (χ0v) is 22.5. The van der Waals surface area contributed by atoms with Crippen LogP contribution in [0.3, 0.4) is 0 Å². The fourth-order valence-electron chi connectivity index (χ4n) is 4.25. The summed E-state index contributed by atoms with van der Waals surface area (Å²) in [5, 5.41) is 18.6. The number of aromatic nitrogens is 2. The third kappa shape index (κ3) is 6.84. The second kappa shape index (κ2) is 11.1. The molecule has 2 aromatic rings. The molecule has 0 spiro atoms. The highest BCUT2D eigenvalue weighted by atomic mass is 16.6. The predicted octanol–water partition coefficient (Wildman–Crippen LogP) is 4.58. The van der Waals surface area contributed by atoms with Gasteiger partial charge in [-0.25, -0.2) is 0 Å². The average molecular weight is 498 g/mol. The third-order valence-electron chi connectivity index (χ3n) is 6.18. The predicted molar refractivity (Wildman–Crippen MR) is 145 cm³/mol. The molecule has 0 bridgehead atoms. The molecule has 0 saturated carbocycles. The van der Waals surface area contributed by atoms with Crippen LogP contribution in [0.1, 0.15) is 44.7 Å². The Balaban J connectivity index is 2.08. The highest BCUT2D eigenvalue weighted by Gasteiger charge is 2.31. The topological polar surface area (TPSA) is 109 Å². The molecular weight excluding hydrogens is 458 g/mol. The molecule has 0 atom stereocenters. The van der Waals surface area contributed by atoms with Crippen molar-refractivity contribution in [3.05, 3.63) is 46.0 Å². The van der Waals surface area contributed by atoms with Crippen LogP contribution in [0.15, 0.2) is 24.8 Å². The molecule has 0 radical (unpaired) electrons. The number of hydrogen-bond donors (Lipinski definition) is 2. The lowest BCUT2D eigenvalue weighted by molar-refractivity contribution is -0.383. The molecule has 1 aliphatic rings. The van der Waals surface area contributed by atoms with E-state index in [1.54, 1.807) is 11.9 Å². The number of hydrogen-bond acceptors (Lipinski definition) is 9. The molecule has 1 aromatic heterocycles. The molecule has 0 unspecified atom stereocenters. The first kappa shape index (κ1) is 27.2. The van der Waals surface area contributed by atoms with E-state index in [1.807, 2.05) is 32.2 Å². The summed E-state index contributed by atoms with van der Waals surface area (Å²) in [6.07, 6.45) is 1.65. The van der Waals surface area contributed by atoms with Gasteiger partial charge in [0.1, 0.15) is 6.10 Å². The number of nitro groups is 1. The lowest BCUT2D eigenvalue weighted by atomic mass is 9.96. The highest BCUT2D eigenvalue weighted by molar-refractivity contribution is 5.77. The SMILES string of the molecule is C=C(NC)c1ccc(C)c(Nc2nc(OC3CCN(C)CC3)nc(N(C)CC(C)(C)C)c2[N+](=O)[O-])c1. The maximum absolute atomic E-state index is 12.3. The Kier molecular flexibility index (Phi) is 8.39. The molecule has 0 amide bonds. The van der Waals surface area contributed by atoms with Crippen molar-refractivity contribution in [2.24, 2.45) is 5.41 Å². The maximum Gasteiger partial charge on any atom is 0.354 e. The summed E-state index contributed by atoms with van der Waals surface area (Å²) in [4.78, 5) is 25.0. The van der Waals surface area contributed by atoms with Crippen molar-refractivity contribution in [1.29, 1.82) is 0 Å². The monoisotopic (exact) mass is 497 g/mol. The molecule has 2 N–H and O–H groups in total. The largest absolute Gasteiger partial charge is 0.460 e. The summed E-state index contributed by atoms with van der Waals surface area (Å²) in [6, 6.07) is 5.93. The van der Waals surface area contributed by atoms with E-state index in [0.29, 0.717) is 12.2 Å². The first-order valence-electron chi connectivity index (χ1n) is 12.3. The average Bonchev–Trinajstić information content (AvgIpc) is 2.79. The van der Waals surface area contributed by atoms with Crippen molar-refractivity contribution < 1.29 is 9.66 Å². The first-order chi connectivity index (χ1) is 16.9. The number of likely N-dealkylation sites (tertiary alicyclic amines) is 1. The van der Waals surface area contributed by atoms with E-state index in [4.69, 9.17) is 4.74 Å². The van der Waals surface area contributed by atoms with E-state index in [-0.39, 0.29) is 34.9 Å². The Morgan fingerprint density at radius 2 is 1.97 bits per heavy atom. The zero-order chi connectivity index (χ0) is 26.6. The van der Waals surface area contributed by atoms with Gasteiger partial charge in [0.05, 0.1) is 4.92 Å². The van der Waals surface area contributed by atoms with Crippen LogP contribution >= 0.6 is 0 Å². The van der Waals surface area contributed by atoms with Gasteiger partial charge < -0.3 is 25.2 Å². The molecule has 36 heavy (non-hydrogen) atoms. The third-order valence-corrected chi connectivity index (χ3v) is 6.18. The van der Waals surface area contributed by atoms with Gasteiger partial charge in [-0.05, 0) is 49.4 Å². The summed E-state index contributed by atoms with van der Waals surface area (Å²) in [5.41, 5.74) is 2.93. The highest BCUT2D eigenvalue weighted by Crippen LogP contribution is 2.38. The molecule has 1 aliphatic heterocycles. The van der Waals surface area contributed by atoms with Crippen LogP contribution in [-0.2, 0) is 0 Å². The summed E-state index contributed by atoms with van der Waals surface area (Å²) in [6.45, 7) is 14.6. The zero-order valence-electron chi connectivity index (χ0n) is 22.5. The van der Waals surface area contributed by atoms with Gasteiger partial charge in [-0.15, -0.1) is 0 Å². The van der Waals surface area contributed by atoms with E-state index in [1.165, 1.54) is 0 Å². The Hall–Kier alpha value is -3.40. The van der Waals surface area contributed by atoms with Crippen LogP contribution in [-0.4, -0.2) is 66.7 Å². The first-order valence-corrected chi connectivity index (χ1v) is 12.3.